The largest absolute Gasteiger partial charge is 0.355 e. The highest BCUT2D eigenvalue weighted by Crippen LogP contribution is 2.36. The first-order valence-corrected chi connectivity index (χ1v) is 10.8. The molecule has 2 heterocycles. The van der Waals surface area contributed by atoms with E-state index in [-0.39, 0.29) is 11.5 Å². The summed E-state index contributed by atoms with van der Waals surface area (Å²) in [5.41, 5.74) is 1.27. The van der Waals surface area contributed by atoms with Gasteiger partial charge in [0.15, 0.2) is 5.16 Å². The van der Waals surface area contributed by atoms with Crippen LogP contribution in [0.15, 0.2) is 9.95 Å². The van der Waals surface area contributed by atoms with E-state index in [4.69, 9.17) is 4.98 Å². The summed E-state index contributed by atoms with van der Waals surface area (Å²) in [6.45, 7) is 7.50. The Morgan fingerprint density at radius 1 is 1.44 bits per heavy atom. The zero-order chi connectivity index (χ0) is 18.0. The molecular formula is C18H25N3O2S2. The van der Waals surface area contributed by atoms with Crippen molar-refractivity contribution in [1.29, 1.82) is 0 Å². The Kier molecular flexibility index (Phi) is 5.84. The maximum atomic E-state index is 13.0. The number of hydrogen-bond acceptors (Lipinski definition) is 5. The van der Waals surface area contributed by atoms with Crippen LogP contribution in [0.4, 0.5) is 0 Å². The molecule has 136 valence electrons. The van der Waals surface area contributed by atoms with Crippen molar-refractivity contribution in [3.8, 4) is 0 Å². The number of aromatic nitrogens is 2. The van der Waals surface area contributed by atoms with Gasteiger partial charge in [-0.1, -0.05) is 25.6 Å². The van der Waals surface area contributed by atoms with Crippen molar-refractivity contribution in [2.75, 3.05) is 12.3 Å². The van der Waals surface area contributed by atoms with Gasteiger partial charge in [0, 0.05) is 18.0 Å². The van der Waals surface area contributed by atoms with Gasteiger partial charge in [-0.05, 0) is 44.1 Å². The molecule has 7 heteroatoms. The quantitative estimate of drug-likeness (QED) is 0.618. The highest BCUT2D eigenvalue weighted by molar-refractivity contribution is 7.99. The number of amides is 1. The molecular weight excluding hydrogens is 354 g/mol. The average molecular weight is 380 g/mol. The smallest absolute Gasteiger partial charge is 0.263 e. The predicted octanol–water partition coefficient (Wildman–Crippen LogP) is 3.22. The van der Waals surface area contributed by atoms with E-state index < -0.39 is 0 Å². The Balaban J connectivity index is 1.94. The molecule has 0 aliphatic heterocycles. The lowest BCUT2D eigenvalue weighted by Crippen LogP contribution is -2.27. The van der Waals surface area contributed by atoms with E-state index in [2.05, 4.69) is 12.2 Å². The fraction of sp³-hybridized carbons (Fsp3) is 0.611. The zero-order valence-corrected chi connectivity index (χ0v) is 16.7. The summed E-state index contributed by atoms with van der Waals surface area (Å²) in [5, 5.41) is 4.33. The Bertz CT molecular complexity index is 841. The van der Waals surface area contributed by atoms with Gasteiger partial charge >= 0.3 is 0 Å². The Morgan fingerprint density at radius 2 is 2.24 bits per heavy atom. The number of hydrogen-bond donors (Lipinski definition) is 1. The van der Waals surface area contributed by atoms with Crippen molar-refractivity contribution in [3.05, 3.63) is 20.8 Å². The lowest BCUT2D eigenvalue weighted by atomic mass is 9.89. The molecule has 0 spiro atoms. The lowest BCUT2D eigenvalue weighted by Gasteiger charge is -2.17. The van der Waals surface area contributed by atoms with Crippen LogP contribution in [0.25, 0.3) is 10.2 Å². The molecule has 1 amide bonds. The van der Waals surface area contributed by atoms with Crippen LogP contribution in [0.3, 0.4) is 0 Å². The maximum Gasteiger partial charge on any atom is 0.263 e. The fourth-order valence-electron chi connectivity index (χ4n) is 3.24. The van der Waals surface area contributed by atoms with Crippen LogP contribution in [-0.2, 0) is 24.2 Å². The van der Waals surface area contributed by atoms with E-state index >= 15 is 0 Å². The van der Waals surface area contributed by atoms with Gasteiger partial charge in [-0.15, -0.1) is 11.3 Å². The summed E-state index contributed by atoms with van der Waals surface area (Å²) in [7, 11) is 0. The third-order valence-corrected chi connectivity index (χ3v) is 6.73. The van der Waals surface area contributed by atoms with Gasteiger partial charge in [0.2, 0.25) is 5.91 Å². The third-order valence-electron chi connectivity index (χ3n) is 4.60. The van der Waals surface area contributed by atoms with Crippen molar-refractivity contribution in [2.24, 2.45) is 5.92 Å². The second-order valence-corrected chi connectivity index (χ2v) is 8.64. The van der Waals surface area contributed by atoms with E-state index in [1.807, 2.05) is 13.8 Å². The van der Waals surface area contributed by atoms with Gasteiger partial charge in [0.05, 0.1) is 11.1 Å². The van der Waals surface area contributed by atoms with E-state index in [9.17, 15) is 9.59 Å². The molecule has 0 unspecified atom stereocenters. The van der Waals surface area contributed by atoms with Crippen LogP contribution in [0.1, 0.15) is 44.1 Å². The number of thiophene rings is 1. The van der Waals surface area contributed by atoms with Gasteiger partial charge in [0.1, 0.15) is 4.83 Å². The van der Waals surface area contributed by atoms with Gasteiger partial charge < -0.3 is 5.32 Å². The molecule has 1 atom stereocenters. The summed E-state index contributed by atoms with van der Waals surface area (Å²) in [4.78, 5) is 31.8. The number of fused-ring (bicyclic) bond motifs is 3. The molecule has 2 aromatic rings. The summed E-state index contributed by atoms with van der Waals surface area (Å²) in [5.74, 6) is 0.952. The molecule has 2 aromatic heterocycles. The van der Waals surface area contributed by atoms with Crippen molar-refractivity contribution in [1.82, 2.24) is 14.9 Å². The molecule has 0 saturated heterocycles. The summed E-state index contributed by atoms with van der Waals surface area (Å²) in [6.07, 6.45) is 4.07. The van der Waals surface area contributed by atoms with Crippen LogP contribution in [0, 0.1) is 5.92 Å². The van der Waals surface area contributed by atoms with Crippen LogP contribution in [-0.4, -0.2) is 27.8 Å². The average Bonchev–Trinajstić information content (AvgIpc) is 2.95. The van der Waals surface area contributed by atoms with Gasteiger partial charge in [-0.25, -0.2) is 4.98 Å². The molecule has 0 aromatic carbocycles. The number of rotatable bonds is 6. The number of nitrogens with zero attached hydrogens (tertiary/aromatic N) is 2. The SMILES string of the molecule is CCCNC(=O)CSc1nc2sc3c(c2c(=O)n1CC)CC[C@@H](C)C3. The minimum absolute atomic E-state index is 0.0110. The molecule has 1 aliphatic rings. The summed E-state index contributed by atoms with van der Waals surface area (Å²) >= 11 is 3.01. The monoisotopic (exact) mass is 379 g/mol. The number of carbonyl (C=O) groups excluding carboxylic acids is 1. The van der Waals surface area contributed by atoms with E-state index in [0.29, 0.717) is 29.9 Å². The van der Waals surface area contributed by atoms with Gasteiger partial charge in [0.25, 0.3) is 5.56 Å². The first kappa shape index (κ1) is 18.5. The first-order valence-electron chi connectivity index (χ1n) is 8.99. The van der Waals surface area contributed by atoms with Gasteiger partial charge in [-0.2, -0.15) is 0 Å². The minimum atomic E-state index is -0.0110. The lowest BCUT2D eigenvalue weighted by molar-refractivity contribution is -0.118. The molecule has 0 fully saturated rings. The predicted molar refractivity (Wildman–Crippen MR) is 105 cm³/mol. The third kappa shape index (κ3) is 3.77. The van der Waals surface area contributed by atoms with E-state index in [0.717, 1.165) is 35.9 Å². The highest BCUT2D eigenvalue weighted by atomic mass is 32.2. The zero-order valence-electron chi connectivity index (χ0n) is 15.1. The van der Waals surface area contributed by atoms with E-state index in [1.165, 1.54) is 22.2 Å². The van der Waals surface area contributed by atoms with Crippen LogP contribution in [0.5, 0.6) is 0 Å². The first-order chi connectivity index (χ1) is 12.0. The normalized spacial score (nSPS) is 16.8. The maximum absolute atomic E-state index is 13.0. The Morgan fingerprint density at radius 3 is 2.96 bits per heavy atom. The highest BCUT2D eigenvalue weighted by Gasteiger charge is 2.24. The second-order valence-electron chi connectivity index (χ2n) is 6.61. The number of thioether (sulfide) groups is 1. The molecule has 0 radical (unpaired) electrons. The molecule has 1 N–H and O–H groups in total. The molecule has 3 rings (SSSR count). The van der Waals surface area contributed by atoms with E-state index in [1.54, 1.807) is 15.9 Å². The van der Waals surface area contributed by atoms with Crippen molar-refractivity contribution in [3.63, 3.8) is 0 Å². The van der Waals surface area contributed by atoms with Crippen molar-refractivity contribution < 1.29 is 4.79 Å². The van der Waals surface area contributed by atoms with Crippen molar-refractivity contribution in [2.45, 2.75) is 58.2 Å². The van der Waals surface area contributed by atoms with Gasteiger partial charge in [-0.3, -0.25) is 14.2 Å². The Labute approximate surface area is 156 Å². The molecule has 1 aliphatic carbocycles. The van der Waals surface area contributed by atoms with Crippen molar-refractivity contribution >= 4 is 39.2 Å². The number of aryl methyl sites for hydroxylation is 1. The molecule has 0 saturated carbocycles. The fourth-order valence-corrected chi connectivity index (χ4v) is 5.56. The molecule has 25 heavy (non-hydrogen) atoms. The summed E-state index contributed by atoms with van der Waals surface area (Å²) in [6, 6.07) is 0. The number of nitrogens with one attached hydrogen (secondary N) is 1. The summed E-state index contributed by atoms with van der Waals surface area (Å²) < 4.78 is 1.71. The van der Waals surface area contributed by atoms with Crippen LogP contribution >= 0.6 is 23.1 Å². The Hall–Kier alpha value is -1.34. The van der Waals surface area contributed by atoms with Crippen LogP contribution < -0.4 is 10.9 Å². The molecule has 5 nitrogen and oxygen atoms in total. The minimum Gasteiger partial charge on any atom is -0.355 e. The number of carbonyl (C=O) groups is 1. The van der Waals surface area contributed by atoms with Crippen LogP contribution in [0.2, 0.25) is 0 Å². The second kappa shape index (κ2) is 7.91. The molecule has 0 bridgehead atoms. The topological polar surface area (TPSA) is 64.0 Å². The standard InChI is InChI=1S/C18H25N3O2S2/c1-4-8-19-14(22)10-24-18-20-16-15(17(23)21(18)5-2)12-7-6-11(3)9-13(12)25-16/h11H,4-10H2,1-3H3,(H,19,22)/t11-/m1/s1.